The summed E-state index contributed by atoms with van der Waals surface area (Å²) in [4.78, 5) is 12.5. The molecule has 0 fully saturated rings. The van der Waals surface area contributed by atoms with Gasteiger partial charge in [-0.1, -0.05) is 71.0 Å². The fourth-order valence-electron chi connectivity index (χ4n) is 3.38. The minimum atomic E-state index is -3.75. The fraction of sp³-hybridized carbons (Fsp3) is 0.174. The number of benzene rings is 3. The van der Waals surface area contributed by atoms with Crippen LogP contribution >= 0.6 is 22.9 Å². The van der Waals surface area contributed by atoms with Gasteiger partial charge >= 0.3 is 4.87 Å². The SMILES string of the molecule is Cc1ccc([C@@H](C)NS(=O)(=O)c2ccc3c(c2)sc(=O)n3Cc2ccccc2Cl)cc1. The van der Waals surface area contributed by atoms with Crippen molar-refractivity contribution < 1.29 is 8.42 Å². The number of fused-ring (bicyclic) bond motifs is 1. The van der Waals surface area contributed by atoms with E-state index in [-0.39, 0.29) is 15.8 Å². The summed E-state index contributed by atoms with van der Waals surface area (Å²) >= 11 is 7.26. The van der Waals surface area contributed by atoms with Crippen LogP contribution in [0.4, 0.5) is 0 Å². The molecule has 0 aliphatic rings. The van der Waals surface area contributed by atoms with E-state index >= 15 is 0 Å². The van der Waals surface area contributed by atoms with Crippen LogP contribution in [0.25, 0.3) is 10.2 Å². The lowest BCUT2D eigenvalue weighted by molar-refractivity contribution is 0.567. The van der Waals surface area contributed by atoms with Crippen LogP contribution in [-0.4, -0.2) is 13.0 Å². The Morgan fingerprint density at radius 3 is 2.48 bits per heavy atom. The maximum absolute atomic E-state index is 12.9. The molecule has 4 aromatic rings. The minimum absolute atomic E-state index is 0.130. The molecule has 0 spiro atoms. The number of nitrogens with one attached hydrogen (secondary N) is 1. The minimum Gasteiger partial charge on any atom is -0.294 e. The fourth-order valence-corrected chi connectivity index (χ4v) is 5.84. The molecule has 0 saturated heterocycles. The van der Waals surface area contributed by atoms with Gasteiger partial charge in [0.05, 0.1) is 21.7 Å². The first kappa shape index (κ1) is 21.8. The first-order chi connectivity index (χ1) is 14.7. The Bertz CT molecular complexity index is 1410. The molecule has 3 aromatic carbocycles. The lowest BCUT2D eigenvalue weighted by Crippen LogP contribution is -2.26. The molecule has 5 nitrogen and oxygen atoms in total. The zero-order chi connectivity index (χ0) is 22.2. The lowest BCUT2D eigenvalue weighted by atomic mass is 10.1. The Morgan fingerprint density at radius 2 is 1.77 bits per heavy atom. The number of rotatable bonds is 6. The summed E-state index contributed by atoms with van der Waals surface area (Å²) in [6, 6.07) is 19.4. The second kappa shape index (κ2) is 8.59. The molecule has 0 radical (unpaired) electrons. The molecule has 4 rings (SSSR count). The van der Waals surface area contributed by atoms with Crippen molar-refractivity contribution >= 4 is 43.2 Å². The highest BCUT2D eigenvalue weighted by atomic mass is 35.5. The van der Waals surface area contributed by atoms with Crippen molar-refractivity contribution in [3.8, 4) is 0 Å². The molecule has 1 atom stereocenters. The molecule has 1 N–H and O–H groups in total. The molecule has 1 aromatic heterocycles. The van der Waals surface area contributed by atoms with Crippen molar-refractivity contribution in [3.63, 3.8) is 0 Å². The van der Waals surface area contributed by atoms with Crippen molar-refractivity contribution in [2.75, 3.05) is 0 Å². The van der Waals surface area contributed by atoms with E-state index in [0.29, 0.717) is 21.8 Å². The third kappa shape index (κ3) is 4.60. The quantitative estimate of drug-likeness (QED) is 0.424. The highest BCUT2D eigenvalue weighted by Crippen LogP contribution is 2.25. The van der Waals surface area contributed by atoms with Gasteiger partial charge < -0.3 is 0 Å². The summed E-state index contributed by atoms with van der Waals surface area (Å²) in [5.74, 6) is 0. The van der Waals surface area contributed by atoms with E-state index in [4.69, 9.17) is 11.6 Å². The van der Waals surface area contributed by atoms with Crippen LogP contribution in [0.3, 0.4) is 0 Å². The van der Waals surface area contributed by atoms with Crippen molar-refractivity contribution in [2.45, 2.75) is 31.3 Å². The smallest absolute Gasteiger partial charge is 0.294 e. The van der Waals surface area contributed by atoms with Crippen LogP contribution in [0.5, 0.6) is 0 Å². The predicted octanol–water partition coefficient (Wildman–Crippen LogP) is 5.11. The molecule has 0 bridgehead atoms. The van der Waals surface area contributed by atoms with Crippen LogP contribution in [-0.2, 0) is 16.6 Å². The Hall–Kier alpha value is -2.45. The summed E-state index contributed by atoms with van der Waals surface area (Å²) < 4.78 is 30.8. The number of halogens is 1. The van der Waals surface area contributed by atoms with Gasteiger partial charge in [-0.15, -0.1) is 0 Å². The van der Waals surface area contributed by atoms with Crippen molar-refractivity contribution in [1.29, 1.82) is 0 Å². The number of aryl methyl sites for hydroxylation is 1. The van der Waals surface area contributed by atoms with E-state index in [1.54, 1.807) is 29.7 Å². The third-order valence-electron chi connectivity index (χ3n) is 5.15. The monoisotopic (exact) mass is 472 g/mol. The van der Waals surface area contributed by atoms with Crippen molar-refractivity contribution in [1.82, 2.24) is 9.29 Å². The number of nitrogens with zero attached hydrogens (tertiary/aromatic N) is 1. The van der Waals surface area contributed by atoms with Gasteiger partial charge in [-0.3, -0.25) is 9.36 Å². The van der Waals surface area contributed by atoms with Gasteiger partial charge in [-0.05, 0) is 49.2 Å². The summed E-state index contributed by atoms with van der Waals surface area (Å²) in [6.45, 7) is 4.11. The number of hydrogen-bond donors (Lipinski definition) is 1. The van der Waals surface area contributed by atoms with Crippen LogP contribution in [0, 0.1) is 6.92 Å². The maximum Gasteiger partial charge on any atom is 0.308 e. The standard InChI is InChI=1S/C23H21ClN2O3S2/c1-15-7-9-17(10-8-15)16(2)25-31(28,29)19-11-12-21-22(13-19)30-23(27)26(21)14-18-5-3-4-6-20(18)24/h3-13,16,25H,14H2,1-2H3/t16-/m1/s1. The second-order valence-corrected chi connectivity index (χ2v) is 10.5. The number of hydrogen-bond acceptors (Lipinski definition) is 4. The Balaban J connectivity index is 1.64. The van der Waals surface area contributed by atoms with Gasteiger partial charge in [-0.25, -0.2) is 13.1 Å². The first-order valence-electron chi connectivity index (χ1n) is 9.70. The van der Waals surface area contributed by atoms with Crippen molar-refractivity contribution in [3.05, 3.63) is 98.1 Å². The molecule has 0 amide bonds. The van der Waals surface area contributed by atoms with Crippen molar-refractivity contribution in [2.24, 2.45) is 0 Å². The average molecular weight is 473 g/mol. The van der Waals surface area contributed by atoms with Gasteiger partial charge in [0, 0.05) is 11.1 Å². The topological polar surface area (TPSA) is 68.2 Å². The summed E-state index contributed by atoms with van der Waals surface area (Å²) in [7, 11) is -3.75. The molecule has 8 heteroatoms. The van der Waals surface area contributed by atoms with E-state index in [9.17, 15) is 13.2 Å². The summed E-state index contributed by atoms with van der Waals surface area (Å²) in [6.07, 6.45) is 0. The van der Waals surface area contributed by atoms with Crippen LogP contribution < -0.4 is 9.60 Å². The van der Waals surface area contributed by atoms with Gasteiger partial charge in [0.1, 0.15) is 0 Å². The zero-order valence-electron chi connectivity index (χ0n) is 17.0. The predicted molar refractivity (Wildman–Crippen MR) is 127 cm³/mol. The molecule has 0 saturated carbocycles. The van der Waals surface area contributed by atoms with Gasteiger partial charge in [0.25, 0.3) is 0 Å². The number of sulfonamides is 1. The van der Waals surface area contributed by atoms with E-state index in [2.05, 4.69) is 4.72 Å². The molecule has 1 heterocycles. The van der Waals surface area contributed by atoms with Crippen LogP contribution in [0.2, 0.25) is 5.02 Å². The Morgan fingerprint density at radius 1 is 1.06 bits per heavy atom. The summed E-state index contributed by atoms with van der Waals surface area (Å²) in [5, 5.41) is 0.585. The maximum atomic E-state index is 12.9. The van der Waals surface area contributed by atoms with E-state index < -0.39 is 10.0 Å². The molecule has 0 aliphatic heterocycles. The lowest BCUT2D eigenvalue weighted by Gasteiger charge is -2.15. The van der Waals surface area contributed by atoms with Gasteiger partial charge in [0.15, 0.2) is 0 Å². The highest BCUT2D eigenvalue weighted by Gasteiger charge is 2.20. The highest BCUT2D eigenvalue weighted by molar-refractivity contribution is 7.89. The first-order valence-corrected chi connectivity index (χ1v) is 12.4. The normalized spacial score (nSPS) is 12.9. The van der Waals surface area contributed by atoms with Crippen LogP contribution in [0.15, 0.2) is 76.4 Å². The summed E-state index contributed by atoms with van der Waals surface area (Å²) in [5.41, 5.74) is 3.50. The molecular formula is C23H21ClN2O3S2. The molecule has 31 heavy (non-hydrogen) atoms. The van der Waals surface area contributed by atoms with Crippen LogP contribution in [0.1, 0.15) is 29.7 Å². The Labute approximate surface area is 190 Å². The zero-order valence-corrected chi connectivity index (χ0v) is 19.4. The number of aromatic nitrogens is 1. The number of thiazole rings is 1. The molecule has 0 aliphatic carbocycles. The van der Waals surface area contributed by atoms with E-state index in [1.165, 1.54) is 6.07 Å². The second-order valence-electron chi connectivity index (χ2n) is 7.43. The Kier molecular flexibility index (Phi) is 6.03. The molecule has 160 valence electrons. The van der Waals surface area contributed by atoms with E-state index in [0.717, 1.165) is 28.0 Å². The van der Waals surface area contributed by atoms with Gasteiger partial charge in [0.2, 0.25) is 10.0 Å². The molecular weight excluding hydrogens is 452 g/mol. The largest absolute Gasteiger partial charge is 0.308 e. The average Bonchev–Trinajstić information content (AvgIpc) is 3.04. The van der Waals surface area contributed by atoms with E-state index in [1.807, 2.05) is 49.4 Å². The molecule has 0 unspecified atom stereocenters. The third-order valence-corrected chi connectivity index (χ3v) is 7.99. The van der Waals surface area contributed by atoms with Gasteiger partial charge in [-0.2, -0.15) is 0 Å².